The molecule has 1 aliphatic heterocycles. The van der Waals surface area contributed by atoms with Crippen LogP contribution in [0.15, 0.2) is 101 Å². The van der Waals surface area contributed by atoms with Gasteiger partial charge < -0.3 is 18.6 Å². The number of furan rings is 1. The summed E-state index contributed by atoms with van der Waals surface area (Å²) < 4.78 is 18.6. The Bertz CT molecular complexity index is 1490. The minimum absolute atomic E-state index is 0.366. The highest BCUT2D eigenvalue weighted by atomic mass is 16.7. The SMILES string of the molecule is CC1(C)OB(c2ccc(N(c3ccccc3)c3ccc4oc5ccccc5c4c3)cc2)OC1(C)C. The maximum Gasteiger partial charge on any atom is 0.494 e. The third kappa shape index (κ3) is 3.72. The van der Waals surface area contributed by atoms with E-state index >= 15 is 0 Å². The van der Waals surface area contributed by atoms with Gasteiger partial charge in [-0.15, -0.1) is 0 Å². The van der Waals surface area contributed by atoms with E-state index in [0.717, 1.165) is 44.5 Å². The first-order chi connectivity index (χ1) is 16.8. The molecule has 5 heteroatoms. The van der Waals surface area contributed by atoms with Crippen LogP contribution in [0.1, 0.15) is 27.7 Å². The van der Waals surface area contributed by atoms with Crippen molar-refractivity contribution in [3.63, 3.8) is 0 Å². The number of hydrogen-bond acceptors (Lipinski definition) is 4. The molecule has 0 unspecified atom stereocenters. The number of fused-ring (bicyclic) bond motifs is 3. The van der Waals surface area contributed by atoms with Gasteiger partial charge in [-0.2, -0.15) is 0 Å². The number of anilines is 3. The molecule has 0 N–H and O–H groups in total. The van der Waals surface area contributed by atoms with Crippen LogP contribution in [-0.4, -0.2) is 18.3 Å². The minimum Gasteiger partial charge on any atom is -0.456 e. The van der Waals surface area contributed by atoms with Crippen LogP contribution in [0.3, 0.4) is 0 Å². The summed E-state index contributed by atoms with van der Waals surface area (Å²) in [5.41, 5.74) is 5.28. The minimum atomic E-state index is -0.382. The van der Waals surface area contributed by atoms with Gasteiger partial charge in [-0.25, -0.2) is 0 Å². The van der Waals surface area contributed by atoms with Crippen molar-refractivity contribution in [1.82, 2.24) is 0 Å². The van der Waals surface area contributed by atoms with E-state index in [1.807, 2.05) is 24.3 Å². The molecule has 1 fully saturated rings. The van der Waals surface area contributed by atoms with Crippen molar-refractivity contribution in [2.75, 3.05) is 4.90 Å². The lowest BCUT2D eigenvalue weighted by Gasteiger charge is -2.32. The Labute approximate surface area is 206 Å². The third-order valence-corrected chi connectivity index (χ3v) is 7.31. The van der Waals surface area contributed by atoms with Crippen molar-refractivity contribution in [3.8, 4) is 0 Å². The smallest absolute Gasteiger partial charge is 0.456 e. The quantitative estimate of drug-likeness (QED) is 0.262. The van der Waals surface area contributed by atoms with E-state index in [0.29, 0.717) is 0 Å². The molecule has 6 rings (SSSR count). The van der Waals surface area contributed by atoms with Crippen LogP contribution in [0.2, 0.25) is 0 Å². The Morgan fingerprint density at radius 3 is 1.86 bits per heavy atom. The number of rotatable bonds is 4. The van der Waals surface area contributed by atoms with Crippen molar-refractivity contribution in [1.29, 1.82) is 0 Å². The van der Waals surface area contributed by atoms with Gasteiger partial charge in [-0.1, -0.05) is 48.5 Å². The summed E-state index contributed by atoms with van der Waals surface area (Å²) in [5, 5.41) is 2.22. The normalized spacial score (nSPS) is 16.7. The molecule has 0 saturated carbocycles. The van der Waals surface area contributed by atoms with Crippen LogP contribution < -0.4 is 10.4 Å². The fourth-order valence-corrected chi connectivity index (χ4v) is 4.64. The van der Waals surface area contributed by atoms with E-state index in [4.69, 9.17) is 13.7 Å². The van der Waals surface area contributed by atoms with Gasteiger partial charge in [-0.3, -0.25) is 0 Å². The van der Waals surface area contributed by atoms with E-state index in [9.17, 15) is 0 Å². The number of para-hydroxylation sites is 2. The average Bonchev–Trinajstić information content (AvgIpc) is 3.33. The van der Waals surface area contributed by atoms with Crippen LogP contribution in [0.5, 0.6) is 0 Å². The third-order valence-electron chi connectivity index (χ3n) is 7.31. The van der Waals surface area contributed by atoms with Crippen LogP contribution in [-0.2, 0) is 9.31 Å². The average molecular weight is 461 g/mol. The second-order valence-corrected chi connectivity index (χ2v) is 10.1. The molecule has 5 aromatic rings. The zero-order valence-electron chi connectivity index (χ0n) is 20.5. The largest absolute Gasteiger partial charge is 0.494 e. The summed E-state index contributed by atoms with van der Waals surface area (Å²) >= 11 is 0. The van der Waals surface area contributed by atoms with Gasteiger partial charge in [-0.05, 0) is 81.7 Å². The maximum atomic E-state index is 6.25. The molecule has 2 heterocycles. The molecule has 1 saturated heterocycles. The standard InChI is InChI=1S/C30H28BNO3/c1-29(2)30(3,4)35-31(34-29)21-14-16-23(17-15-21)32(22-10-6-5-7-11-22)24-18-19-28-26(20-24)25-12-8-9-13-27(25)33-28/h5-20H,1-4H3. The second kappa shape index (κ2) is 8.01. The Kier molecular flexibility index (Phi) is 5.03. The molecule has 4 nitrogen and oxygen atoms in total. The zero-order chi connectivity index (χ0) is 24.2. The molecule has 174 valence electrons. The monoisotopic (exact) mass is 461 g/mol. The highest BCUT2D eigenvalue weighted by molar-refractivity contribution is 6.62. The van der Waals surface area contributed by atoms with Crippen LogP contribution in [0.4, 0.5) is 17.1 Å². The van der Waals surface area contributed by atoms with E-state index < -0.39 is 0 Å². The molecule has 1 aliphatic rings. The van der Waals surface area contributed by atoms with Gasteiger partial charge >= 0.3 is 7.12 Å². The Morgan fingerprint density at radius 1 is 0.571 bits per heavy atom. The molecule has 35 heavy (non-hydrogen) atoms. The topological polar surface area (TPSA) is 34.8 Å². The first-order valence-electron chi connectivity index (χ1n) is 12.0. The van der Waals surface area contributed by atoms with Gasteiger partial charge in [0.1, 0.15) is 11.2 Å². The van der Waals surface area contributed by atoms with E-state index in [2.05, 4.69) is 105 Å². The fourth-order valence-electron chi connectivity index (χ4n) is 4.64. The highest BCUT2D eigenvalue weighted by Gasteiger charge is 2.51. The Hall–Kier alpha value is -3.54. The van der Waals surface area contributed by atoms with Crippen molar-refractivity contribution in [3.05, 3.63) is 97.1 Å². The van der Waals surface area contributed by atoms with Gasteiger partial charge in [0.25, 0.3) is 0 Å². The van der Waals surface area contributed by atoms with Crippen LogP contribution in [0.25, 0.3) is 21.9 Å². The Balaban J connectivity index is 1.42. The first-order valence-corrected chi connectivity index (χ1v) is 12.0. The van der Waals surface area contributed by atoms with Crippen molar-refractivity contribution >= 4 is 51.6 Å². The van der Waals surface area contributed by atoms with E-state index in [1.54, 1.807) is 0 Å². The lowest BCUT2D eigenvalue weighted by Crippen LogP contribution is -2.41. The zero-order valence-corrected chi connectivity index (χ0v) is 20.5. The number of nitrogens with zero attached hydrogens (tertiary/aromatic N) is 1. The molecule has 1 aromatic heterocycles. The lowest BCUT2D eigenvalue weighted by molar-refractivity contribution is 0.00578. The molecule has 0 aliphatic carbocycles. The summed E-state index contributed by atoms with van der Waals surface area (Å²) in [6.45, 7) is 8.31. The summed E-state index contributed by atoms with van der Waals surface area (Å²) in [5.74, 6) is 0. The molecule has 0 radical (unpaired) electrons. The first kappa shape index (κ1) is 22.0. The predicted molar refractivity (Wildman–Crippen MR) is 144 cm³/mol. The van der Waals surface area contributed by atoms with Crippen molar-refractivity contribution < 1.29 is 13.7 Å². The molecule has 0 bridgehead atoms. The van der Waals surface area contributed by atoms with Gasteiger partial charge in [0.2, 0.25) is 0 Å². The van der Waals surface area contributed by atoms with Gasteiger partial charge in [0.15, 0.2) is 0 Å². The molecule has 4 aromatic carbocycles. The van der Waals surface area contributed by atoms with Crippen molar-refractivity contribution in [2.45, 2.75) is 38.9 Å². The van der Waals surface area contributed by atoms with E-state index in [-0.39, 0.29) is 18.3 Å². The summed E-state index contributed by atoms with van der Waals surface area (Å²) in [7, 11) is -0.382. The number of benzene rings is 4. The second-order valence-electron chi connectivity index (χ2n) is 10.1. The van der Waals surface area contributed by atoms with Crippen molar-refractivity contribution in [2.24, 2.45) is 0 Å². The van der Waals surface area contributed by atoms with Gasteiger partial charge in [0.05, 0.1) is 11.2 Å². The lowest BCUT2D eigenvalue weighted by atomic mass is 9.79. The molecule has 0 amide bonds. The molecular formula is C30H28BNO3. The summed E-state index contributed by atoms with van der Waals surface area (Å²) in [4.78, 5) is 2.26. The van der Waals surface area contributed by atoms with E-state index in [1.165, 1.54) is 0 Å². The van der Waals surface area contributed by atoms with Crippen LogP contribution in [0, 0.1) is 0 Å². The number of hydrogen-bond donors (Lipinski definition) is 0. The fraction of sp³-hybridized carbons (Fsp3) is 0.200. The molecule has 0 atom stereocenters. The molecular weight excluding hydrogens is 433 g/mol. The van der Waals surface area contributed by atoms with Gasteiger partial charge in [0, 0.05) is 27.8 Å². The molecule has 0 spiro atoms. The Morgan fingerprint density at radius 2 is 1.14 bits per heavy atom. The highest BCUT2D eigenvalue weighted by Crippen LogP contribution is 2.39. The maximum absolute atomic E-state index is 6.25. The summed E-state index contributed by atoms with van der Waals surface area (Å²) in [6.07, 6.45) is 0. The summed E-state index contributed by atoms with van der Waals surface area (Å²) in [6, 6.07) is 33.4. The van der Waals surface area contributed by atoms with Crippen LogP contribution >= 0.6 is 0 Å². The predicted octanol–water partition coefficient (Wildman–Crippen LogP) is 7.36.